The lowest BCUT2D eigenvalue weighted by Crippen LogP contribution is -2.31. The summed E-state index contributed by atoms with van der Waals surface area (Å²) in [5.74, 6) is 0.424. The number of hydrogen-bond donors (Lipinski definition) is 2. The van der Waals surface area contributed by atoms with E-state index in [0.717, 1.165) is 12.2 Å². The zero-order valence-corrected chi connectivity index (χ0v) is 12.7. The lowest BCUT2D eigenvalue weighted by atomic mass is 10.0. The summed E-state index contributed by atoms with van der Waals surface area (Å²) in [6, 6.07) is 18.6. The molecule has 20 heavy (non-hydrogen) atoms. The summed E-state index contributed by atoms with van der Waals surface area (Å²) < 4.78 is 0. The van der Waals surface area contributed by atoms with Crippen LogP contribution in [-0.2, 0) is 0 Å². The number of rotatable bonds is 4. The highest BCUT2D eigenvalue weighted by Crippen LogP contribution is 2.14. The highest BCUT2D eigenvalue weighted by atomic mass is 32.1. The second-order valence-electron chi connectivity index (χ2n) is 4.96. The lowest BCUT2D eigenvalue weighted by molar-refractivity contribution is 0.723. The van der Waals surface area contributed by atoms with Crippen molar-refractivity contribution in [1.82, 2.24) is 5.32 Å². The number of thiocarbonyl (C=S) groups is 1. The van der Waals surface area contributed by atoms with E-state index >= 15 is 0 Å². The molecule has 0 spiro atoms. The number of aryl methyl sites for hydroxylation is 1. The molecule has 2 N–H and O–H groups in total. The van der Waals surface area contributed by atoms with Gasteiger partial charge in [-0.1, -0.05) is 55.5 Å². The SMILES string of the molecule is Cc1ccccc1NC(=S)NC[C@@H](C)c1ccccc1. The van der Waals surface area contributed by atoms with Crippen molar-refractivity contribution >= 4 is 23.0 Å². The van der Waals surface area contributed by atoms with E-state index in [1.807, 2.05) is 24.3 Å². The molecule has 2 aromatic rings. The Morgan fingerprint density at radius 1 is 1.05 bits per heavy atom. The van der Waals surface area contributed by atoms with Gasteiger partial charge in [0.1, 0.15) is 0 Å². The zero-order valence-electron chi connectivity index (χ0n) is 11.9. The van der Waals surface area contributed by atoms with Gasteiger partial charge in [-0.15, -0.1) is 0 Å². The van der Waals surface area contributed by atoms with E-state index in [4.69, 9.17) is 12.2 Å². The van der Waals surface area contributed by atoms with Gasteiger partial charge in [-0.05, 0) is 42.3 Å². The molecule has 2 nitrogen and oxygen atoms in total. The first-order valence-corrected chi connectivity index (χ1v) is 7.23. The van der Waals surface area contributed by atoms with Crippen molar-refractivity contribution in [1.29, 1.82) is 0 Å². The second-order valence-corrected chi connectivity index (χ2v) is 5.37. The molecular formula is C17H20N2S. The Morgan fingerprint density at radius 3 is 2.40 bits per heavy atom. The first-order chi connectivity index (χ1) is 9.66. The van der Waals surface area contributed by atoms with Crippen LogP contribution in [-0.4, -0.2) is 11.7 Å². The summed E-state index contributed by atoms with van der Waals surface area (Å²) in [7, 11) is 0. The Hall–Kier alpha value is -1.87. The third kappa shape index (κ3) is 4.07. The lowest BCUT2D eigenvalue weighted by Gasteiger charge is -2.16. The maximum Gasteiger partial charge on any atom is 0.170 e. The molecule has 3 heteroatoms. The van der Waals surface area contributed by atoms with Gasteiger partial charge in [-0.3, -0.25) is 0 Å². The molecule has 0 saturated heterocycles. The van der Waals surface area contributed by atoms with Crippen LogP contribution in [0.5, 0.6) is 0 Å². The van der Waals surface area contributed by atoms with Crippen molar-refractivity contribution in [3.8, 4) is 0 Å². The van der Waals surface area contributed by atoms with Crippen LogP contribution in [0.4, 0.5) is 5.69 Å². The predicted octanol–water partition coefficient (Wildman–Crippen LogP) is 4.09. The molecule has 104 valence electrons. The predicted molar refractivity (Wildman–Crippen MR) is 90.3 cm³/mol. The van der Waals surface area contributed by atoms with Crippen LogP contribution in [0.2, 0.25) is 0 Å². The fourth-order valence-electron chi connectivity index (χ4n) is 2.02. The minimum Gasteiger partial charge on any atom is -0.362 e. The molecule has 1 atom stereocenters. The topological polar surface area (TPSA) is 24.1 Å². The van der Waals surface area contributed by atoms with E-state index in [0.29, 0.717) is 11.0 Å². The number of anilines is 1. The van der Waals surface area contributed by atoms with Crippen LogP contribution in [0.3, 0.4) is 0 Å². The van der Waals surface area contributed by atoms with Gasteiger partial charge in [0, 0.05) is 12.2 Å². The number of hydrogen-bond acceptors (Lipinski definition) is 1. The summed E-state index contributed by atoms with van der Waals surface area (Å²) in [4.78, 5) is 0. The molecule has 0 aliphatic heterocycles. The van der Waals surface area contributed by atoms with Crippen molar-refractivity contribution in [3.63, 3.8) is 0 Å². The van der Waals surface area contributed by atoms with Crippen LogP contribution in [0.1, 0.15) is 24.0 Å². The molecule has 0 saturated carbocycles. The molecule has 2 aromatic carbocycles. The molecule has 0 amide bonds. The summed E-state index contributed by atoms with van der Waals surface area (Å²) in [6.07, 6.45) is 0. The summed E-state index contributed by atoms with van der Waals surface area (Å²) in [5.41, 5.74) is 3.56. The van der Waals surface area contributed by atoms with Gasteiger partial charge in [-0.2, -0.15) is 0 Å². The highest BCUT2D eigenvalue weighted by molar-refractivity contribution is 7.80. The minimum atomic E-state index is 0.424. The maximum absolute atomic E-state index is 5.34. The van der Waals surface area contributed by atoms with Crippen molar-refractivity contribution in [2.75, 3.05) is 11.9 Å². The standard InChI is InChI=1S/C17H20N2S/c1-13-8-6-7-11-16(13)19-17(20)18-12-14(2)15-9-4-3-5-10-15/h3-11,14H,12H2,1-2H3,(H2,18,19,20)/t14-/m1/s1. The van der Waals surface area contributed by atoms with E-state index in [1.54, 1.807) is 0 Å². The minimum absolute atomic E-state index is 0.424. The largest absolute Gasteiger partial charge is 0.362 e. The Balaban J connectivity index is 1.85. The monoisotopic (exact) mass is 284 g/mol. The van der Waals surface area contributed by atoms with Gasteiger partial charge < -0.3 is 10.6 Å². The first-order valence-electron chi connectivity index (χ1n) is 6.82. The van der Waals surface area contributed by atoms with Gasteiger partial charge in [0.05, 0.1) is 0 Å². The summed E-state index contributed by atoms with van der Waals surface area (Å²) in [5, 5.41) is 7.18. The summed E-state index contributed by atoms with van der Waals surface area (Å²) >= 11 is 5.34. The first kappa shape index (κ1) is 14.5. The average Bonchev–Trinajstić information content (AvgIpc) is 2.48. The Kier molecular flexibility index (Phi) is 5.13. The van der Waals surface area contributed by atoms with Gasteiger partial charge in [0.15, 0.2) is 5.11 Å². The van der Waals surface area contributed by atoms with Crippen LogP contribution in [0, 0.1) is 6.92 Å². The Labute approximate surface area is 126 Å². The average molecular weight is 284 g/mol. The van der Waals surface area contributed by atoms with E-state index in [2.05, 4.69) is 54.8 Å². The quantitative estimate of drug-likeness (QED) is 0.827. The molecule has 0 aliphatic carbocycles. The zero-order chi connectivity index (χ0) is 14.4. The summed E-state index contributed by atoms with van der Waals surface area (Å²) in [6.45, 7) is 5.08. The number of benzene rings is 2. The van der Waals surface area contributed by atoms with Crippen LogP contribution in [0.25, 0.3) is 0 Å². The highest BCUT2D eigenvalue weighted by Gasteiger charge is 2.06. The smallest absolute Gasteiger partial charge is 0.170 e. The molecular weight excluding hydrogens is 264 g/mol. The fraction of sp³-hybridized carbons (Fsp3) is 0.235. The second kappa shape index (κ2) is 7.06. The normalized spacial score (nSPS) is 11.7. The number of nitrogens with one attached hydrogen (secondary N) is 2. The van der Waals surface area contributed by atoms with Crippen LogP contribution in [0.15, 0.2) is 54.6 Å². The third-order valence-electron chi connectivity index (χ3n) is 3.33. The van der Waals surface area contributed by atoms with Crippen molar-refractivity contribution in [2.24, 2.45) is 0 Å². The van der Waals surface area contributed by atoms with Crippen molar-refractivity contribution in [2.45, 2.75) is 19.8 Å². The molecule has 0 heterocycles. The molecule has 0 aliphatic rings. The molecule has 0 unspecified atom stereocenters. The van der Waals surface area contributed by atoms with Gasteiger partial charge in [-0.25, -0.2) is 0 Å². The Morgan fingerprint density at radius 2 is 1.70 bits per heavy atom. The van der Waals surface area contributed by atoms with Crippen LogP contribution < -0.4 is 10.6 Å². The molecule has 0 bridgehead atoms. The molecule has 0 radical (unpaired) electrons. The van der Waals surface area contributed by atoms with Gasteiger partial charge in [0.2, 0.25) is 0 Å². The van der Waals surface area contributed by atoms with E-state index in [1.165, 1.54) is 11.1 Å². The third-order valence-corrected chi connectivity index (χ3v) is 3.58. The van der Waals surface area contributed by atoms with Gasteiger partial charge in [0.25, 0.3) is 0 Å². The maximum atomic E-state index is 5.34. The van der Waals surface area contributed by atoms with Crippen molar-refractivity contribution < 1.29 is 0 Å². The van der Waals surface area contributed by atoms with Crippen LogP contribution >= 0.6 is 12.2 Å². The molecule has 0 fully saturated rings. The Bertz CT molecular complexity index is 566. The van der Waals surface area contributed by atoms with E-state index < -0.39 is 0 Å². The van der Waals surface area contributed by atoms with Crippen molar-refractivity contribution in [3.05, 3.63) is 65.7 Å². The fourth-order valence-corrected chi connectivity index (χ4v) is 2.22. The molecule has 2 rings (SSSR count). The van der Waals surface area contributed by atoms with E-state index in [-0.39, 0.29) is 0 Å². The van der Waals surface area contributed by atoms with E-state index in [9.17, 15) is 0 Å². The molecule has 0 aromatic heterocycles. The van der Waals surface area contributed by atoms with Gasteiger partial charge >= 0.3 is 0 Å². The number of para-hydroxylation sites is 1.